The van der Waals surface area contributed by atoms with E-state index >= 15 is 0 Å². The van der Waals surface area contributed by atoms with E-state index in [0.717, 1.165) is 5.69 Å². The van der Waals surface area contributed by atoms with Crippen LogP contribution in [0.1, 0.15) is 16.1 Å². The maximum absolute atomic E-state index is 12.3. The molecule has 1 aromatic rings. The Morgan fingerprint density at radius 2 is 2.11 bits per heavy atom. The Kier molecular flexibility index (Phi) is 3.93. The Morgan fingerprint density at radius 1 is 1.44 bits per heavy atom. The van der Waals surface area contributed by atoms with Crippen molar-refractivity contribution >= 4 is 22.5 Å². The van der Waals surface area contributed by atoms with Crippen molar-refractivity contribution in [3.63, 3.8) is 0 Å². The number of carbonyl (C=O) groups is 1. The standard InChI is InChI=1S/C11H16N4O2S/c1-8-6-9(7-10(13-8)14-12)11(16)15-2-4-18(17)5-3-15/h6-7H,2-5,12H2,1H3,(H,13,14). The number of nitrogens with zero attached hydrogens (tertiary/aromatic N) is 2. The van der Waals surface area contributed by atoms with E-state index in [1.54, 1.807) is 17.0 Å². The van der Waals surface area contributed by atoms with E-state index in [-0.39, 0.29) is 5.91 Å². The molecule has 3 N–H and O–H groups in total. The quantitative estimate of drug-likeness (QED) is 0.576. The maximum atomic E-state index is 12.3. The molecule has 0 unspecified atom stereocenters. The number of hydrogen-bond acceptors (Lipinski definition) is 5. The highest BCUT2D eigenvalue weighted by molar-refractivity contribution is 7.85. The summed E-state index contributed by atoms with van der Waals surface area (Å²) in [7, 11) is -0.783. The van der Waals surface area contributed by atoms with Crippen molar-refractivity contribution in [3.8, 4) is 0 Å². The molecule has 0 spiro atoms. The molecule has 1 aliphatic heterocycles. The van der Waals surface area contributed by atoms with Gasteiger partial charge in [-0.15, -0.1) is 0 Å². The van der Waals surface area contributed by atoms with Gasteiger partial charge in [-0.1, -0.05) is 0 Å². The third kappa shape index (κ3) is 2.85. The zero-order valence-electron chi connectivity index (χ0n) is 10.2. The molecule has 2 heterocycles. The Bertz CT molecular complexity index is 482. The van der Waals surface area contributed by atoms with E-state index in [0.29, 0.717) is 36.0 Å². The monoisotopic (exact) mass is 268 g/mol. The first-order chi connectivity index (χ1) is 8.60. The molecule has 0 bridgehead atoms. The van der Waals surface area contributed by atoms with Crippen molar-refractivity contribution in [2.45, 2.75) is 6.92 Å². The van der Waals surface area contributed by atoms with Crippen molar-refractivity contribution in [3.05, 3.63) is 23.4 Å². The molecule has 7 heteroatoms. The van der Waals surface area contributed by atoms with E-state index in [1.165, 1.54) is 0 Å². The van der Waals surface area contributed by atoms with Crippen LogP contribution in [-0.2, 0) is 10.8 Å². The summed E-state index contributed by atoms with van der Waals surface area (Å²) in [6, 6.07) is 3.36. The van der Waals surface area contributed by atoms with Crippen LogP contribution in [0.3, 0.4) is 0 Å². The molecule has 0 radical (unpaired) electrons. The number of nitrogen functional groups attached to an aromatic ring is 1. The van der Waals surface area contributed by atoms with Gasteiger partial charge in [0.15, 0.2) is 0 Å². The minimum Gasteiger partial charge on any atom is -0.337 e. The first-order valence-corrected chi connectivity index (χ1v) is 7.18. The van der Waals surface area contributed by atoms with E-state index in [2.05, 4.69) is 10.4 Å². The number of aryl methyl sites for hydroxylation is 1. The number of carbonyl (C=O) groups excluding carboxylic acids is 1. The van der Waals surface area contributed by atoms with Crippen molar-refractivity contribution in [1.82, 2.24) is 9.88 Å². The summed E-state index contributed by atoms with van der Waals surface area (Å²) in [5.74, 6) is 6.82. The van der Waals surface area contributed by atoms with Crippen LogP contribution in [0.25, 0.3) is 0 Å². The Balaban J connectivity index is 2.18. The Hall–Kier alpha value is -1.47. The summed E-state index contributed by atoms with van der Waals surface area (Å²) < 4.78 is 11.3. The molecule has 1 amide bonds. The van der Waals surface area contributed by atoms with Crippen molar-refractivity contribution in [2.24, 2.45) is 5.84 Å². The molecule has 6 nitrogen and oxygen atoms in total. The van der Waals surface area contributed by atoms with Gasteiger partial charge in [0.1, 0.15) is 5.82 Å². The lowest BCUT2D eigenvalue weighted by Gasteiger charge is -2.26. The summed E-state index contributed by atoms with van der Waals surface area (Å²) in [6.07, 6.45) is 0. The van der Waals surface area contributed by atoms with E-state index in [9.17, 15) is 9.00 Å². The van der Waals surface area contributed by atoms with Gasteiger partial charge in [0.2, 0.25) is 0 Å². The molecule has 0 aliphatic carbocycles. The van der Waals surface area contributed by atoms with Crippen molar-refractivity contribution in [2.75, 3.05) is 30.0 Å². The van der Waals surface area contributed by atoms with Gasteiger partial charge in [-0.2, -0.15) is 0 Å². The summed E-state index contributed by atoms with van der Waals surface area (Å²) >= 11 is 0. The van der Waals surface area contributed by atoms with Crippen molar-refractivity contribution in [1.29, 1.82) is 0 Å². The Morgan fingerprint density at radius 3 is 2.72 bits per heavy atom. The average Bonchev–Trinajstić information content (AvgIpc) is 2.38. The lowest BCUT2D eigenvalue weighted by molar-refractivity contribution is 0.0771. The predicted molar refractivity (Wildman–Crippen MR) is 70.6 cm³/mol. The molecule has 1 aromatic heterocycles. The fraction of sp³-hybridized carbons (Fsp3) is 0.455. The molecule has 98 valence electrons. The fourth-order valence-electron chi connectivity index (χ4n) is 1.89. The van der Waals surface area contributed by atoms with Crippen LogP contribution in [0.5, 0.6) is 0 Å². The number of anilines is 1. The number of aromatic nitrogens is 1. The predicted octanol–water partition coefficient (Wildman–Crippen LogP) is -0.120. The first kappa shape index (κ1) is 13.0. The summed E-state index contributed by atoms with van der Waals surface area (Å²) in [5, 5.41) is 0. The van der Waals surface area contributed by atoms with Crippen LogP contribution in [0, 0.1) is 6.92 Å². The lowest BCUT2D eigenvalue weighted by Crippen LogP contribution is -2.41. The van der Waals surface area contributed by atoms with Crippen LogP contribution < -0.4 is 11.3 Å². The van der Waals surface area contributed by atoms with Crippen LogP contribution in [0.15, 0.2) is 12.1 Å². The minimum absolute atomic E-state index is 0.0614. The van der Waals surface area contributed by atoms with Crippen LogP contribution >= 0.6 is 0 Å². The van der Waals surface area contributed by atoms with Gasteiger partial charge in [0.25, 0.3) is 5.91 Å². The van der Waals surface area contributed by atoms with Gasteiger partial charge in [0, 0.05) is 46.7 Å². The molecule has 18 heavy (non-hydrogen) atoms. The third-order valence-corrected chi connectivity index (χ3v) is 4.09. The number of hydrogen-bond donors (Lipinski definition) is 2. The van der Waals surface area contributed by atoms with Gasteiger partial charge < -0.3 is 10.3 Å². The fourth-order valence-corrected chi connectivity index (χ4v) is 2.94. The second-order valence-corrected chi connectivity index (χ2v) is 5.86. The molecule has 0 saturated carbocycles. The smallest absolute Gasteiger partial charge is 0.254 e. The van der Waals surface area contributed by atoms with Gasteiger partial charge in [-0.05, 0) is 19.1 Å². The highest BCUT2D eigenvalue weighted by atomic mass is 32.2. The normalized spacial score (nSPS) is 16.7. The number of hydrazine groups is 1. The SMILES string of the molecule is Cc1cc(C(=O)N2CCS(=O)CC2)cc(NN)n1. The maximum Gasteiger partial charge on any atom is 0.254 e. The molecular formula is C11H16N4O2S. The first-order valence-electron chi connectivity index (χ1n) is 5.69. The van der Waals surface area contributed by atoms with Gasteiger partial charge >= 0.3 is 0 Å². The highest BCUT2D eigenvalue weighted by Gasteiger charge is 2.21. The molecule has 1 fully saturated rings. The zero-order valence-corrected chi connectivity index (χ0v) is 11.0. The van der Waals surface area contributed by atoms with Crippen LogP contribution in [0.2, 0.25) is 0 Å². The molecule has 0 atom stereocenters. The largest absolute Gasteiger partial charge is 0.337 e. The molecule has 0 aromatic carbocycles. The van der Waals surface area contributed by atoms with Gasteiger partial charge in [0.05, 0.1) is 0 Å². The highest BCUT2D eigenvalue weighted by Crippen LogP contribution is 2.13. The van der Waals surface area contributed by atoms with Crippen LogP contribution in [0.4, 0.5) is 5.82 Å². The van der Waals surface area contributed by atoms with E-state index in [1.807, 2.05) is 6.92 Å². The zero-order chi connectivity index (χ0) is 13.1. The molecular weight excluding hydrogens is 252 g/mol. The number of pyridine rings is 1. The second-order valence-electron chi connectivity index (χ2n) is 4.17. The summed E-state index contributed by atoms with van der Waals surface area (Å²) in [4.78, 5) is 18.1. The topological polar surface area (TPSA) is 88.3 Å². The third-order valence-electron chi connectivity index (χ3n) is 2.81. The van der Waals surface area contributed by atoms with E-state index in [4.69, 9.17) is 5.84 Å². The minimum atomic E-state index is -0.783. The summed E-state index contributed by atoms with van der Waals surface area (Å²) in [6.45, 7) is 2.89. The van der Waals surface area contributed by atoms with Crippen molar-refractivity contribution < 1.29 is 9.00 Å². The van der Waals surface area contributed by atoms with Gasteiger partial charge in [-0.25, -0.2) is 10.8 Å². The van der Waals surface area contributed by atoms with E-state index < -0.39 is 10.8 Å². The second kappa shape index (κ2) is 5.45. The number of rotatable bonds is 2. The van der Waals surface area contributed by atoms with Gasteiger partial charge in [-0.3, -0.25) is 9.00 Å². The van der Waals surface area contributed by atoms with Crippen LogP contribution in [-0.4, -0.2) is 44.6 Å². The number of nitrogens with two attached hydrogens (primary N) is 1. The molecule has 2 rings (SSSR count). The number of amides is 1. The number of nitrogens with one attached hydrogen (secondary N) is 1. The molecule has 1 aliphatic rings. The lowest BCUT2D eigenvalue weighted by atomic mass is 10.2. The average molecular weight is 268 g/mol. The Labute approximate surface area is 108 Å². The molecule has 1 saturated heterocycles. The summed E-state index contributed by atoms with van der Waals surface area (Å²) in [5.41, 5.74) is 3.73.